The normalized spacial score (nSPS) is 22.8. The van der Waals surface area contributed by atoms with Gasteiger partial charge in [0.15, 0.2) is 6.10 Å². The Morgan fingerprint density at radius 2 is 2.12 bits per heavy atom. The van der Waals surface area contributed by atoms with Gasteiger partial charge in [0.2, 0.25) is 0 Å². The van der Waals surface area contributed by atoms with Gasteiger partial charge in [-0.25, -0.2) is 9.18 Å². The minimum atomic E-state index is -0.653. The Morgan fingerprint density at radius 1 is 1.27 bits per heavy atom. The third-order valence-electron chi connectivity index (χ3n) is 4.54. The second-order valence-electron chi connectivity index (χ2n) is 6.56. The maximum Gasteiger partial charge on any atom is 0.408 e. The number of aliphatic hydroxyl groups excluding tert-OH is 1. The highest BCUT2D eigenvalue weighted by Gasteiger charge is 2.36. The van der Waals surface area contributed by atoms with E-state index in [0.717, 1.165) is 12.8 Å². The van der Waals surface area contributed by atoms with Crippen LogP contribution >= 0.6 is 0 Å². The van der Waals surface area contributed by atoms with Crippen molar-refractivity contribution in [2.24, 2.45) is 5.92 Å². The summed E-state index contributed by atoms with van der Waals surface area (Å²) in [6, 6.07) is 7.28. The number of nitrogens with one attached hydrogen (secondary N) is 1. The number of halogens is 1. The summed E-state index contributed by atoms with van der Waals surface area (Å²) >= 11 is 0. The number of amides is 1. The molecule has 1 aliphatic carbocycles. The number of rotatable bonds is 3. The van der Waals surface area contributed by atoms with Gasteiger partial charge in [-0.2, -0.15) is 0 Å². The molecule has 1 aliphatic heterocycles. The zero-order chi connectivity index (χ0) is 18.1. The fraction of sp³-hybridized carbons (Fsp3) is 0.300. The Labute approximate surface area is 150 Å². The molecule has 4 rings (SSSR count). The van der Waals surface area contributed by atoms with E-state index >= 15 is 0 Å². The van der Waals surface area contributed by atoms with Crippen LogP contribution in [0, 0.1) is 23.6 Å². The first kappa shape index (κ1) is 16.6. The first-order valence-electron chi connectivity index (χ1n) is 8.47. The van der Waals surface area contributed by atoms with Crippen molar-refractivity contribution >= 4 is 6.09 Å². The maximum absolute atomic E-state index is 13.5. The summed E-state index contributed by atoms with van der Waals surface area (Å²) in [6.45, 7) is 0. The molecular formula is C20H17FN2O3. The molecule has 1 amide bonds. The van der Waals surface area contributed by atoms with Crippen LogP contribution in [0.2, 0.25) is 0 Å². The van der Waals surface area contributed by atoms with Crippen molar-refractivity contribution < 1.29 is 19.0 Å². The number of hydrogen-bond acceptors (Lipinski definition) is 4. The van der Waals surface area contributed by atoms with Gasteiger partial charge >= 0.3 is 6.09 Å². The van der Waals surface area contributed by atoms with Gasteiger partial charge in [0, 0.05) is 18.0 Å². The summed E-state index contributed by atoms with van der Waals surface area (Å²) in [5.74, 6) is 5.65. The molecule has 2 N–H and O–H groups in total. The maximum atomic E-state index is 13.5. The van der Waals surface area contributed by atoms with Gasteiger partial charge in [0.25, 0.3) is 0 Å². The number of hydrogen-bond donors (Lipinski definition) is 2. The Balaban J connectivity index is 1.60. The molecule has 1 unspecified atom stereocenters. The predicted octanol–water partition coefficient (Wildman–Crippen LogP) is 2.87. The van der Waals surface area contributed by atoms with Crippen LogP contribution < -0.4 is 5.32 Å². The van der Waals surface area contributed by atoms with E-state index < -0.39 is 30.2 Å². The van der Waals surface area contributed by atoms with Gasteiger partial charge < -0.3 is 15.2 Å². The molecule has 2 aromatic rings. The standard InChI is InChI=1S/C20H17FN2O3/c21-16-3-1-2-14(9-16)19-18(23-20(25)26-19)15-8-12(10-22-11-15)4-7-17(24)13-5-6-13/h1-3,8-11,13,17-19,24H,5-6H2,(H,23,25)/t17?,18-,19-/m1/s1. The molecule has 2 aliphatic rings. The number of nitrogens with zero attached hydrogens (tertiary/aromatic N) is 1. The smallest absolute Gasteiger partial charge is 0.408 e. The molecule has 0 bridgehead atoms. The molecule has 2 fully saturated rings. The highest BCUT2D eigenvalue weighted by atomic mass is 19.1. The van der Waals surface area contributed by atoms with E-state index in [-0.39, 0.29) is 5.92 Å². The summed E-state index contributed by atoms with van der Waals surface area (Å²) in [6.07, 6.45) is 3.40. The third-order valence-corrected chi connectivity index (χ3v) is 4.54. The molecule has 0 radical (unpaired) electrons. The average Bonchev–Trinajstić information content (AvgIpc) is 3.42. The fourth-order valence-electron chi connectivity index (χ4n) is 3.01. The average molecular weight is 352 g/mol. The zero-order valence-electron chi connectivity index (χ0n) is 13.9. The van der Waals surface area contributed by atoms with Gasteiger partial charge in [-0.05, 0) is 48.1 Å². The second kappa shape index (κ2) is 6.77. The number of benzene rings is 1. The Hall–Kier alpha value is -2.91. The van der Waals surface area contributed by atoms with Crippen LogP contribution in [0.1, 0.15) is 41.7 Å². The molecule has 132 valence electrons. The fourth-order valence-corrected chi connectivity index (χ4v) is 3.01. The molecule has 5 nitrogen and oxygen atoms in total. The minimum Gasteiger partial charge on any atom is -0.439 e. The monoisotopic (exact) mass is 352 g/mol. The van der Waals surface area contributed by atoms with Crippen LogP contribution in [0.15, 0.2) is 42.7 Å². The molecule has 3 atom stereocenters. The van der Waals surface area contributed by atoms with Crippen LogP contribution in [0.25, 0.3) is 0 Å². The SMILES string of the molecule is O=C1N[C@H](c2cncc(C#CC(O)C3CC3)c2)[C@@H](c2cccc(F)c2)O1. The number of cyclic esters (lactones) is 1. The molecule has 1 saturated carbocycles. The van der Waals surface area contributed by atoms with Crippen molar-refractivity contribution in [3.05, 3.63) is 65.2 Å². The topological polar surface area (TPSA) is 71.5 Å². The van der Waals surface area contributed by atoms with Crippen molar-refractivity contribution in [3.8, 4) is 11.8 Å². The van der Waals surface area contributed by atoms with E-state index in [4.69, 9.17) is 4.74 Å². The summed E-state index contributed by atoms with van der Waals surface area (Å²) in [5, 5.41) is 12.6. The highest BCUT2D eigenvalue weighted by molar-refractivity contribution is 5.71. The van der Waals surface area contributed by atoms with Gasteiger partial charge in [-0.15, -0.1) is 0 Å². The molecule has 26 heavy (non-hydrogen) atoms. The molecule has 6 heteroatoms. The van der Waals surface area contributed by atoms with E-state index in [0.29, 0.717) is 16.7 Å². The molecule has 1 aromatic carbocycles. The van der Waals surface area contributed by atoms with E-state index in [1.54, 1.807) is 30.6 Å². The van der Waals surface area contributed by atoms with E-state index in [1.165, 1.54) is 12.1 Å². The predicted molar refractivity (Wildman–Crippen MR) is 91.3 cm³/mol. The van der Waals surface area contributed by atoms with Crippen LogP contribution in [0.5, 0.6) is 0 Å². The lowest BCUT2D eigenvalue weighted by Gasteiger charge is -2.17. The molecule has 0 spiro atoms. The first-order chi connectivity index (χ1) is 12.6. The molecule has 1 saturated heterocycles. The number of carbonyl (C=O) groups is 1. The van der Waals surface area contributed by atoms with E-state index in [1.807, 2.05) is 0 Å². The summed E-state index contributed by atoms with van der Waals surface area (Å²) in [4.78, 5) is 15.9. The largest absolute Gasteiger partial charge is 0.439 e. The van der Waals surface area contributed by atoms with Crippen molar-refractivity contribution in [1.82, 2.24) is 10.3 Å². The van der Waals surface area contributed by atoms with Gasteiger partial charge in [-0.1, -0.05) is 24.0 Å². The molecule has 2 heterocycles. The second-order valence-corrected chi connectivity index (χ2v) is 6.56. The third kappa shape index (κ3) is 3.53. The van der Waals surface area contributed by atoms with Crippen molar-refractivity contribution in [3.63, 3.8) is 0 Å². The van der Waals surface area contributed by atoms with Gasteiger partial charge in [0.05, 0.1) is 0 Å². The van der Waals surface area contributed by atoms with Crippen LogP contribution in [0.4, 0.5) is 9.18 Å². The van der Waals surface area contributed by atoms with Crippen LogP contribution in [-0.4, -0.2) is 22.3 Å². The highest BCUT2D eigenvalue weighted by Crippen LogP contribution is 2.36. The number of carbonyl (C=O) groups excluding carboxylic acids is 1. The van der Waals surface area contributed by atoms with E-state index in [2.05, 4.69) is 22.1 Å². The van der Waals surface area contributed by atoms with Crippen molar-refractivity contribution in [2.75, 3.05) is 0 Å². The lowest BCUT2D eigenvalue weighted by atomic mass is 9.97. The minimum absolute atomic E-state index is 0.276. The van der Waals surface area contributed by atoms with Crippen LogP contribution in [0.3, 0.4) is 0 Å². The quantitative estimate of drug-likeness (QED) is 0.834. The molecule has 1 aromatic heterocycles. The number of alkyl carbamates (subject to hydrolysis) is 1. The summed E-state index contributed by atoms with van der Waals surface area (Å²) < 4.78 is 18.9. The Bertz CT molecular complexity index is 901. The molecular weight excluding hydrogens is 335 g/mol. The van der Waals surface area contributed by atoms with E-state index in [9.17, 15) is 14.3 Å². The van der Waals surface area contributed by atoms with Gasteiger partial charge in [-0.3, -0.25) is 4.98 Å². The lowest BCUT2D eigenvalue weighted by molar-refractivity contribution is 0.132. The Morgan fingerprint density at radius 3 is 2.88 bits per heavy atom. The van der Waals surface area contributed by atoms with Crippen molar-refractivity contribution in [2.45, 2.75) is 31.1 Å². The number of aliphatic hydroxyl groups is 1. The number of ether oxygens (including phenoxy) is 1. The number of aromatic nitrogens is 1. The first-order valence-corrected chi connectivity index (χ1v) is 8.47. The Kier molecular flexibility index (Phi) is 4.31. The summed E-state index contributed by atoms with van der Waals surface area (Å²) in [7, 11) is 0. The van der Waals surface area contributed by atoms with Crippen molar-refractivity contribution in [1.29, 1.82) is 0 Å². The summed E-state index contributed by atoms with van der Waals surface area (Å²) in [5.41, 5.74) is 1.91. The number of pyridine rings is 1. The van der Waals surface area contributed by atoms with Gasteiger partial charge in [0.1, 0.15) is 18.0 Å². The van der Waals surface area contributed by atoms with Crippen LogP contribution in [-0.2, 0) is 4.74 Å². The lowest BCUT2D eigenvalue weighted by Crippen LogP contribution is -2.20. The zero-order valence-corrected chi connectivity index (χ0v) is 13.9.